The van der Waals surface area contributed by atoms with E-state index in [9.17, 15) is 0 Å². The molecule has 5 rings (SSSR count). The van der Waals surface area contributed by atoms with Gasteiger partial charge in [-0.3, -0.25) is 0 Å². The highest BCUT2D eigenvalue weighted by atomic mass is 16.4. The quantitative estimate of drug-likeness (QED) is 0.916. The summed E-state index contributed by atoms with van der Waals surface area (Å²) in [4.78, 5) is 0. The van der Waals surface area contributed by atoms with Gasteiger partial charge in [-0.2, -0.15) is 0 Å². The van der Waals surface area contributed by atoms with Crippen molar-refractivity contribution in [1.29, 1.82) is 0 Å². The Hall–Kier alpha value is -0.900. The Morgan fingerprint density at radius 3 is 2.25 bits per heavy atom. The van der Waals surface area contributed by atoms with Crippen LogP contribution in [0.15, 0.2) is 4.42 Å². The van der Waals surface area contributed by atoms with Crippen LogP contribution < -0.4 is 5.73 Å². The molecule has 4 nitrogen and oxygen atoms in total. The molecule has 4 fully saturated rings. The van der Waals surface area contributed by atoms with E-state index in [-0.39, 0.29) is 6.04 Å². The topological polar surface area (TPSA) is 64.9 Å². The van der Waals surface area contributed by atoms with Crippen molar-refractivity contribution >= 4 is 0 Å². The molecule has 0 saturated heterocycles. The van der Waals surface area contributed by atoms with Gasteiger partial charge in [0.25, 0.3) is 0 Å². The predicted molar refractivity (Wildman–Crippen MR) is 75.8 cm³/mol. The van der Waals surface area contributed by atoms with Gasteiger partial charge in [0.15, 0.2) is 0 Å². The number of hydrogen-bond acceptors (Lipinski definition) is 4. The first-order valence-electron chi connectivity index (χ1n) is 8.20. The average molecular weight is 275 g/mol. The van der Waals surface area contributed by atoms with E-state index in [1.165, 1.54) is 44.9 Å². The summed E-state index contributed by atoms with van der Waals surface area (Å²) in [6, 6.07) is -0.157. The van der Waals surface area contributed by atoms with E-state index >= 15 is 0 Å². The summed E-state index contributed by atoms with van der Waals surface area (Å²) in [7, 11) is 0. The third-order valence-electron chi connectivity index (χ3n) is 5.91. The maximum Gasteiger partial charge on any atom is 0.232 e. The zero-order valence-corrected chi connectivity index (χ0v) is 12.3. The molecular formula is C16H25N3O. The van der Waals surface area contributed by atoms with Crippen LogP contribution in [0.2, 0.25) is 0 Å². The second kappa shape index (κ2) is 4.55. The van der Waals surface area contributed by atoms with E-state index < -0.39 is 0 Å². The zero-order valence-electron chi connectivity index (χ0n) is 12.3. The van der Waals surface area contributed by atoms with Crippen LogP contribution in [-0.2, 0) is 6.42 Å². The molecule has 4 heteroatoms. The molecule has 1 unspecified atom stereocenters. The maximum atomic E-state index is 5.77. The highest BCUT2D eigenvalue weighted by molar-refractivity contribution is 5.02. The fourth-order valence-electron chi connectivity index (χ4n) is 5.52. The van der Waals surface area contributed by atoms with Crippen LogP contribution in [0.4, 0.5) is 0 Å². The minimum absolute atomic E-state index is 0.157. The van der Waals surface area contributed by atoms with Crippen molar-refractivity contribution in [2.24, 2.45) is 28.9 Å². The molecule has 4 bridgehead atoms. The molecule has 110 valence electrons. The van der Waals surface area contributed by atoms with Crippen LogP contribution in [0, 0.1) is 23.2 Å². The summed E-state index contributed by atoms with van der Waals surface area (Å²) < 4.78 is 5.66. The van der Waals surface area contributed by atoms with Crippen LogP contribution in [-0.4, -0.2) is 10.2 Å². The molecule has 0 aromatic carbocycles. The number of nitrogens with zero attached hydrogens (tertiary/aromatic N) is 2. The van der Waals surface area contributed by atoms with Crippen LogP contribution in [0.1, 0.15) is 69.7 Å². The van der Waals surface area contributed by atoms with Gasteiger partial charge in [-0.1, -0.05) is 0 Å². The Labute approximate surface area is 120 Å². The number of rotatable bonds is 4. The van der Waals surface area contributed by atoms with Gasteiger partial charge >= 0.3 is 0 Å². The molecule has 4 aliphatic rings. The molecule has 0 spiro atoms. The molecule has 1 atom stereocenters. The Kier molecular flexibility index (Phi) is 2.92. The standard InChI is InChI=1S/C16H25N3O/c1-10(17)15-19-18-14(20-15)2-3-16-7-11-4-12(8-16)6-13(5-11)9-16/h10-13H,2-9,17H2,1H3. The Bertz CT molecular complexity index is 458. The first-order valence-corrected chi connectivity index (χ1v) is 8.20. The third kappa shape index (κ3) is 2.18. The lowest BCUT2D eigenvalue weighted by Crippen LogP contribution is -2.46. The lowest BCUT2D eigenvalue weighted by molar-refractivity contribution is -0.0576. The van der Waals surface area contributed by atoms with Crippen molar-refractivity contribution in [3.05, 3.63) is 11.8 Å². The van der Waals surface area contributed by atoms with Crippen molar-refractivity contribution in [1.82, 2.24) is 10.2 Å². The SMILES string of the molecule is CC(N)c1nnc(CCC23CC4CC(CC(C4)C2)C3)o1. The Morgan fingerprint density at radius 2 is 1.75 bits per heavy atom. The monoisotopic (exact) mass is 275 g/mol. The van der Waals surface area contributed by atoms with Gasteiger partial charge in [-0.05, 0) is 75.0 Å². The van der Waals surface area contributed by atoms with Crippen molar-refractivity contribution in [3.8, 4) is 0 Å². The highest BCUT2D eigenvalue weighted by Crippen LogP contribution is 2.61. The molecule has 1 aromatic heterocycles. The molecule has 0 amide bonds. The average Bonchev–Trinajstić information content (AvgIpc) is 2.84. The first-order chi connectivity index (χ1) is 9.62. The van der Waals surface area contributed by atoms with Crippen molar-refractivity contribution < 1.29 is 4.42 Å². The molecule has 0 radical (unpaired) electrons. The van der Waals surface area contributed by atoms with Gasteiger partial charge in [-0.15, -0.1) is 10.2 Å². The Balaban J connectivity index is 1.43. The van der Waals surface area contributed by atoms with Gasteiger partial charge in [0, 0.05) is 6.42 Å². The second-order valence-corrected chi connectivity index (χ2v) is 7.74. The number of aryl methyl sites for hydroxylation is 1. The van der Waals surface area contributed by atoms with Crippen molar-refractivity contribution in [2.75, 3.05) is 0 Å². The Morgan fingerprint density at radius 1 is 1.15 bits per heavy atom. The van der Waals surface area contributed by atoms with Crippen molar-refractivity contribution in [3.63, 3.8) is 0 Å². The molecule has 20 heavy (non-hydrogen) atoms. The second-order valence-electron chi connectivity index (χ2n) is 7.74. The van der Waals surface area contributed by atoms with Gasteiger partial charge in [0.1, 0.15) is 0 Å². The molecule has 1 heterocycles. The van der Waals surface area contributed by atoms with Crippen LogP contribution >= 0.6 is 0 Å². The number of hydrogen-bond donors (Lipinski definition) is 1. The van der Waals surface area contributed by atoms with E-state index in [1.54, 1.807) is 0 Å². The van der Waals surface area contributed by atoms with E-state index in [0.29, 0.717) is 11.3 Å². The summed E-state index contributed by atoms with van der Waals surface area (Å²) in [5.41, 5.74) is 6.37. The number of nitrogens with two attached hydrogens (primary N) is 1. The van der Waals surface area contributed by atoms with Gasteiger partial charge in [-0.25, -0.2) is 0 Å². The fraction of sp³-hybridized carbons (Fsp3) is 0.875. The minimum Gasteiger partial charge on any atom is -0.424 e. The zero-order chi connectivity index (χ0) is 13.7. The molecule has 2 N–H and O–H groups in total. The van der Waals surface area contributed by atoms with E-state index in [2.05, 4.69) is 10.2 Å². The highest BCUT2D eigenvalue weighted by Gasteiger charge is 2.50. The smallest absolute Gasteiger partial charge is 0.232 e. The molecule has 4 aliphatic carbocycles. The summed E-state index contributed by atoms with van der Waals surface area (Å²) in [5, 5.41) is 8.20. The summed E-state index contributed by atoms with van der Waals surface area (Å²) in [6.45, 7) is 1.89. The molecule has 0 aliphatic heterocycles. The number of aromatic nitrogens is 2. The predicted octanol–water partition coefficient (Wildman–Crippen LogP) is 3.24. The summed E-state index contributed by atoms with van der Waals surface area (Å²) >= 11 is 0. The summed E-state index contributed by atoms with van der Waals surface area (Å²) in [5.74, 6) is 4.41. The van der Waals surface area contributed by atoms with Crippen molar-refractivity contribution in [2.45, 2.75) is 64.3 Å². The lowest BCUT2D eigenvalue weighted by Gasteiger charge is -2.57. The minimum atomic E-state index is -0.157. The normalized spacial score (nSPS) is 40.2. The molecule has 4 saturated carbocycles. The molecular weight excluding hydrogens is 250 g/mol. The van der Waals surface area contributed by atoms with Crippen LogP contribution in [0.5, 0.6) is 0 Å². The van der Waals surface area contributed by atoms with Crippen LogP contribution in [0.3, 0.4) is 0 Å². The van der Waals surface area contributed by atoms with Crippen LogP contribution in [0.25, 0.3) is 0 Å². The fourth-order valence-corrected chi connectivity index (χ4v) is 5.52. The van der Waals surface area contributed by atoms with E-state index in [0.717, 1.165) is 30.1 Å². The van der Waals surface area contributed by atoms with Gasteiger partial charge in [0.2, 0.25) is 11.8 Å². The summed E-state index contributed by atoms with van der Waals surface area (Å²) in [6.07, 6.45) is 11.1. The first kappa shape index (κ1) is 12.8. The third-order valence-corrected chi connectivity index (χ3v) is 5.91. The lowest BCUT2D eigenvalue weighted by atomic mass is 9.48. The molecule has 1 aromatic rings. The van der Waals surface area contributed by atoms with E-state index in [1.807, 2.05) is 6.92 Å². The largest absolute Gasteiger partial charge is 0.424 e. The maximum absolute atomic E-state index is 5.77. The van der Waals surface area contributed by atoms with E-state index in [4.69, 9.17) is 10.2 Å². The van der Waals surface area contributed by atoms with Gasteiger partial charge in [0.05, 0.1) is 6.04 Å². The van der Waals surface area contributed by atoms with Gasteiger partial charge < -0.3 is 10.2 Å².